The van der Waals surface area contributed by atoms with Crippen molar-refractivity contribution in [1.82, 2.24) is 24.6 Å². The van der Waals surface area contributed by atoms with Crippen molar-refractivity contribution in [1.29, 1.82) is 0 Å². The fourth-order valence-electron chi connectivity index (χ4n) is 6.29. The van der Waals surface area contributed by atoms with Gasteiger partial charge in [-0.15, -0.1) is 23.4 Å². The molecule has 7 nitrogen and oxygen atoms in total. The normalized spacial score (nSPS) is 23.7. The standard InChI is InChI=1S/C25H22ClF5N6O/c26-16-3-4-17-14(6-16)10-35(19-9-24(19,27)28)11-20-33-34-21(37(17)20)15-7-23(8-15)12-36(13-23)22-18(2-1-5-32-22)38-25(29,30)31/h1-6,15,19H,7-13H2. The molecule has 0 N–H and O–H groups in total. The van der Waals surface area contributed by atoms with Crippen LogP contribution < -0.4 is 9.64 Å². The van der Waals surface area contributed by atoms with E-state index in [-0.39, 0.29) is 35.9 Å². The maximum absolute atomic E-state index is 14.0. The molecule has 1 aromatic carbocycles. The number of hydrogen-bond donors (Lipinski definition) is 0. The molecule has 7 rings (SSSR count). The minimum atomic E-state index is -4.79. The van der Waals surface area contributed by atoms with Gasteiger partial charge in [0.15, 0.2) is 17.4 Å². The van der Waals surface area contributed by atoms with E-state index in [0.29, 0.717) is 30.5 Å². The number of fused-ring (bicyclic) bond motifs is 3. The first-order valence-electron chi connectivity index (χ1n) is 12.3. The molecular weight excluding hydrogens is 531 g/mol. The number of hydrogen-bond acceptors (Lipinski definition) is 6. The molecule has 1 saturated heterocycles. The Morgan fingerprint density at radius 2 is 1.79 bits per heavy atom. The fraction of sp³-hybridized carbons (Fsp3) is 0.480. The van der Waals surface area contributed by atoms with Crippen LogP contribution in [0, 0.1) is 5.41 Å². The maximum Gasteiger partial charge on any atom is 0.573 e. The number of halogens is 6. The Bertz CT molecular complexity index is 1410. The second-order valence-electron chi connectivity index (χ2n) is 10.8. The molecule has 3 aromatic rings. The lowest BCUT2D eigenvalue weighted by atomic mass is 9.57. The van der Waals surface area contributed by atoms with Gasteiger partial charge in [-0.25, -0.2) is 13.8 Å². The molecule has 4 heterocycles. The molecule has 1 atom stereocenters. The molecule has 2 aliphatic heterocycles. The van der Waals surface area contributed by atoms with Gasteiger partial charge in [0, 0.05) is 48.6 Å². The Morgan fingerprint density at radius 1 is 1.03 bits per heavy atom. The van der Waals surface area contributed by atoms with Crippen molar-refractivity contribution in [2.45, 2.75) is 56.6 Å². The second kappa shape index (κ2) is 8.01. The van der Waals surface area contributed by atoms with Crippen LogP contribution in [-0.2, 0) is 13.1 Å². The van der Waals surface area contributed by atoms with Crippen molar-refractivity contribution in [2.75, 3.05) is 18.0 Å². The first-order chi connectivity index (χ1) is 18.0. The van der Waals surface area contributed by atoms with Gasteiger partial charge in [-0.3, -0.25) is 9.47 Å². The second-order valence-corrected chi connectivity index (χ2v) is 11.2. The van der Waals surface area contributed by atoms with E-state index in [9.17, 15) is 22.0 Å². The molecule has 0 radical (unpaired) electrons. The van der Waals surface area contributed by atoms with E-state index < -0.39 is 18.3 Å². The van der Waals surface area contributed by atoms with E-state index in [4.69, 9.17) is 11.6 Å². The average Bonchev–Trinajstić information content (AvgIpc) is 3.30. The zero-order valence-electron chi connectivity index (χ0n) is 19.9. The van der Waals surface area contributed by atoms with Gasteiger partial charge in [0.1, 0.15) is 5.82 Å². The largest absolute Gasteiger partial charge is 0.573 e. The monoisotopic (exact) mass is 552 g/mol. The van der Waals surface area contributed by atoms with E-state index in [1.807, 2.05) is 16.7 Å². The lowest BCUT2D eigenvalue weighted by Gasteiger charge is -2.59. The summed E-state index contributed by atoms with van der Waals surface area (Å²) in [5.74, 6) is -1.36. The summed E-state index contributed by atoms with van der Waals surface area (Å²) in [7, 11) is 0. The summed E-state index contributed by atoms with van der Waals surface area (Å²) in [5, 5.41) is 9.41. The molecule has 3 fully saturated rings. The highest BCUT2D eigenvalue weighted by Crippen LogP contribution is 2.57. The molecular formula is C25H22ClF5N6O. The summed E-state index contributed by atoms with van der Waals surface area (Å²) in [5.41, 5.74) is 1.63. The summed E-state index contributed by atoms with van der Waals surface area (Å²) < 4.78 is 72.5. The van der Waals surface area contributed by atoms with Gasteiger partial charge in [0.25, 0.3) is 5.92 Å². The first kappa shape index (κ1) is 24.1. The van der Waals surface area contributed by atoms with Crippen LogP contribution in [0.4, 0.5) is 27.8 Å². The quantitative estimate of drug-likeness (QED) is 0.408. The number of anilines is 1. The average molecular weight is 553 g/mol. The third-order valence-electron chi connectivity index (χ3n) is 8.04. The Balaban J connectivity index is 1.11. The number of ether oxygens (including phenoxy) is 1. The van der Waals surface area contributed by atoms with E-state index in [1.54, 1.807) is 15.9 Å². The molecule has 13 heteroatoms. The number of benzene rings is 1. The lowest BCUT2D eigenvalue weighted by Crippen LogP contribution is -2.62. The van der Waals surface area contributed by atoms with Gasteiger partial charge in [-0.05, 0) is 48.7 Å². The highest BCUT2D eigenvalue weighted by atomic mass is 35.5. The van der Waals surface area contributed by atoms with Crippen LogP contribution in [0.2, 0.25) is 5.02 Å². The molecule has 2 aliphatic carbocycles. The van der Waals surface area contributed by atoms with Gasteiger partial charge in [-0.2, -0.15) is 0 Å². The van der Waals surface area contributed by atoms with E-state index >= 15 is 0 Å². The Labute approximate surface area is 219 Å². The number of nitrogens with zero attached hydrogens (tertiary/aromatic N) is 6. The van der Waals surface area contributed by atoms with Crippen molar-refractivity contribution in [2.24, 2.45) is 5.41 Å². The summed E-state index contributed by atoms with van der Waals surface area (Å²) in [6, 6.07) is 7.31. The van der Waals surface area contributed by atoms with Crippen molar-refractivity contribution < 1.29 is 26.7 Å². The van der Waals surface area contributed by atoms with Gasteiger partial charge >= 0.3 is 6.36 Å². The summed E-state index contributed by atoms with van der Waals surface area (Å²) in [4.78, 5) is 7.66. The molecule has 4 aliphatic rings. The molecule has 200 valence electrons. The zero-order valence-corrected chi connectivity index (χ0v) is 20.7. The van der Waals surface area contributed by atoms with Crippen LogP contribution in [0.3, 0.4) is 0 Å². The minimum absolute atomic E-state index is 0.0558. The van der Waals surface area contributed by atoms with Crippen LogP contribution in [0.25, 0.3) is 5.69 Å². The molecule has 2 saturated carbocycles. The SMILES string of the molecule is FC(F)(F)Oc1cccnc1N1CC2(CC(c3nnc4n3-c3ccc(Cl)cc3CN(C3CC3(F)F)C4)C2)C1. The predicted octanol–water partition coefficient (Wildman–Crippen LogP) is 5.32. The van der Waals surface area contributed by atoms with E-state index in [0.717, 1.165) is 29.9 Å². The molecule has 2 aromatic heterocycles. The highest BCUT2D eigenvalue weighted by molar-refractivity contribution is 6.30. The van der Waals surface area contributed by atoms with Gasteiger partial charge < -0.3 is 9.64 Å². The lowest BCUT2D eigenvalue weighted by molar-refractivity contribution is -0.274. The zero-order chi connectivity index (χ0) is 26.4. The van der Waals surface area contributed by atoms with Crippen LogP contribution in [0.15, 0.2) is 36.5 Å². The summed E-state index contributed by atoms with van der Waals surface area (Å²) >= 11 is 6.26. The molecule has 38 heavy (non-hydrogen) atoms. The van der Waals surface area contributed by atoms with Crippen molar-refractivity contribution in [3.05, 3.63) is 58.8 Å². The Morgan fingerprint density at radius 3 is 2.50 bits per heavy atom. The molecule has 1 spiro atoms. The Hall–Kier alpha value is -2.99. The minimum Gasteiger partial charge on any atom is -0.402 e. The van der Waals surface area contributed by atoms with Gasteiger partial charge in [-0.1, -0.05) is 11.6 Å². The summed E-state index contributed by atoms with van der Waals surface area (Å²) in [6.07, 6.45) is -1.94. The van der Waals surface area contributed by atoms with E-state index in [1.165, 1.54) is 18.3 Å². The number of rotatable bonds is 4. The predicted molar refractivity (Wildman–Crippen MR) is 127 cm³/mol. The third kappa shape index (κ3) is 4.00. The topological polar surface area (TPSA) is 59.3 Å². The first-order valence-corrected chi connectivity index (χ1v) is 12.7. The van der Waals surface area contributed by atoms with Crippen LogP contribution >= 0.6 is 11.6 Å². The Kier molecular flexibility index (Phi) is 5.08. The van der Waals surface area contributed by atoms with Crippen LogP contribution in [0.5, 0.6) is 5.75 Å². The van der Waals surface area contributed by atoms with Crippen LogP contribution in [-0.4, -0.2) is 56.1 Å². The number of aromatic nitrogens is 4. The van der Waals surface area contributed by atoms with E-state index in [2.05, 4.69) is 19.9 Å². The fourth-order valence-corrected chi connectivity index (χ4v) is 6.49. The molecule has 1 unspecified atom stereocenters. The molecule has 0 bridgehead atoms. The smallest absolute Gasteiger partial charge is 0.402 e. The van der Waals surface area contributed by atoms with Crippen molar-refractivity contribution in [3.63, 3.8) is 0 Å². The van der Waals surface area contributed by atoms with Gasteiger partial charge in [0.05, 0.1) is 18.3 Å². The highest BCUT2D eigenvalue weighted by Gasteiger charge is 2.60. The summed E-state index contributed by atoms with van der Waals surface area (Å²) in [6.45, 7) is 1.72. The van der Waals surface area contributed by atoms with Gasteiger partial charge in [0.2, 0.25) is 0 Å². The third-order valence-corrected chi connectivity index (χ3v) is 8.28. The number of alkyl halides is 5. The number of pyridine rings is 1. The van der Waals surface area contributed by atoms with Crippen molar-refractivity contribution in [3.8, 4) is 11.4 Å². The van der Waals surface area contributed by atoms with Crippen molar-refractivity contribution >= 4 is 17.4 Å². The van der Waals surface area contributed by atoms with Crippen LogP contribution in [0.1, 0.15) is 42.4 Å². The maximum atomic E-state index is 14.0. The molecule has 0 amide bonds.